The van der Waals surface area contributed by atoms with E-state index in [0.717, 1.165) is 10.7 Å². The van der Waals surface area contributed by atoms with Crippen molar-refractivity contribution in [3.05, 3.63) is 53.8 Å². The van der Waals surface area contributed by atoms with Gasteiger partial charge < -0.3 is 9.47 Å². The maximum absolute atomic E-state index is 13.8. The first-order chi connectivity index (χ1) is 11.5. The van der Waals surface area contributed by atoms with Crippen LogP contribution in [0.15, 0.2) is 47.4 Å². The van der Waals surface area contributed by atoms with E-state index >= 15 is 0 Å². The Labute approximate surface area is 140 Å². The number of sulfonamides is 1. The van der Waals surface area contributed by atoms with Crippen molar-refractivity contribution < 1.29 is 22.3 Å². The second-order valence-electron chi connectivity index (χ2n) is 5.51. The van der Waals surface area contributed by atoms with Gasteiger partial charge in [0.25, 0.3) is 0 Å². The summed E-state index contributed by atoms with van der Waals surface area (Å²) in [6.07, 6.45) is 0.740. The zero-order valence-electron chi connectivity index (χ0n) is 13.2. The van der Waals surface area contributed by atoms with Gasteiger partial charge in [-0.3, -0.25) is 0 Å². The Morgan fingerprint density at radius 3 is 2.54 bits per heavy atom. The minimum Gasteiger partial charge on any atom is -0.490 e. The lowest BCUT2D eigenvalue weighted by atomic mass is 10.2. The van der Waals surface area contributed by atoms with E-state index in [4.69, 9.17) is 9.47 Å². The van der Waals surface area contributed by atoms with Crippen LogP contribution < -0.4 is 9.47 Å². The van der Waals surface area contributed by atoms with Gasteiger partial charge in [0.05, 0.1) is 18.1 Å². The maximum atomic E-state index is 13.8. The molecular formula is C17H18FNO4S. The van der Waals surface area contributed by atoms with Crippen LogP contribution in [0.2, 0.25) is 0 Å². The van der Waals surface area contributed by atoms with E-state index in [9.17, 15) is 12.8 Å². The Bertz CT molecular complexity index is 838. The normalized spacial score (nSPS) is 14.5. The van der Waals surface area contributed by atoms with E-state index in [2.05, 4.69) is 0 Å². The molecule has 2 aromatic carbocycles. The van der Waals surface area contributed by atoms with Gasteiger partial charge in [0.1, 0.15) is 5.82 Å². The smallest absolute Gasteiger partial charge is 0.243 e. The molecule has 1 aliphatic heterocycles. The molecular weight excluding hydrogens is 333 g/mol. The van der Waals surface area contributed by atoms with Gasteiger partial charge >= 0.3 is 0 Å². The maximum Gasteiger partial charge on any atom is 0.243 e. The van der Waals surface area contributed by atoms with Crippen molar-refractivity contribution in [1.82, 2.24) is 4.31 Å². The predicted molar refractivity (Wildman–Crippen MR) is 87.1 cm³/mol. The van der Waals surface area contributed by atoms with Gasteiger partial charge in [0.2, 0.25) is 10.0 Å². The molecule has 0 atom stereocenters. The zero-order valence-corrected chi connectivity index (χ0v) is 14.1. The Kier molecular flexibility index (Phi) is 4.73. The highest BCUT2D eigenvalue weighted by Gasteiger charge is 2.24. The molecule has 1 heterocycles. The van der Waals surface area contributed by atoms with Gasteiger partial charge in [-0.15, -0.1) is 0 Å². The third-order valence-corrected chi connectivity index (χ3v) is 5.58. The van der Waals surface area contributed by atoms with Crippen LogP contribution in [0, 0.1) is 5.82 Å². The Balaban J connectivity index is 1.87. The summed E-state index contributed by atoms with van der Waals surface area (Å²) in [5.74, 6) is 0.509. The van der Waals surface area contributed by atoms with Gasteiger partial charge in [-0.25, -0.2) is 12.8 Å². The van der Waals surface area contributed by atoms with Crippen LogP contribution in [-0.4, -0.2) is 33.0 Å². The number of fused-ring (bicyclic) bond motifs is 1. The summed E-state index contributed by atoms with van der Waals surface area (Å²) >= 11 is 0. The van der Waals surface area contributed by atoms with Gasteiger partial charge in [-0.2, -0.15) is 4.31 Å². The third-order valence-electron chi connectivity index (χ3n) is 3.78. The lowest BCUT2D eigenvalue weighted by Crippen LogP contribution is -2.27. The third kappa shape index (κ3) is 3.37. The van der Waals surface area contributed by atoms with E-state index in [1.807, 2.05) is 0 Å². The number of hydrogen-bond acceptors (Lipinski definition) is 4. The average molecular weight is 351 g/mol. The van der Waals surface area contributed by atoms with Gasteiger partial charge in [0.15, 0.2) is 11.5 Å². The molecule has 7 heteroatoms. The van der Waals surface area contributed by atoms with Crippen LogP contribution in [0.5, 0.6) is 11.5 Å². The number of halogens is 1. The van der Waals surface area contributed by atoms with E-state index in [1.165, 1.54) is 25.2 Å². The Morgan fingerprint density at radius 2 is 1.79 bits per heavy atom. The van der Waals surface area contributed by atoms with E-state index in [1.54, 1.807) is 24.3 Å². The molecule has 2 aromatic rings. The van der Waals surface area contributed by atoms with E-state index < -0.39 is 15.8 Å². The highest BCUT2D eigenvalue weighted by atomic mass is 32.2. The van der Waals surface area contributed by atoms with Crippen molar-refractivity contribution in [1.29, 1.82) is 0 Å². The first kappa shape index (κ1) is 16.7. The summed E-state index contributed by atoms with van der Waals surface area (Å²) in [6.45, 7) is 0.956. The van der Waals surface area contributed by atoms with Crippen LogP contribution in [-0.2, 0) is 16.6 Å². The van der Waals surface area contributed by atoms with Crippen LogP contribution in [0.1, 0.15) is 12.0 Å². The second-order valence-corrected chi connectivity index (χ2v) is 7.56. The summed E-state index contributed by atoms with van der Waals surface area (Å²) < 4.78 is 51.4. The van der Waals surface area contributed by atoms with Crippen molar-refractivity contribution in [3.8, 4) is 11.5 Å². The Morgan fingerprint density at radius 1 is 1.08 bits per heavy atom. The predicted octanol–water partition coefficient (Wildman–Crippen LogP) is 2.81. The fraction of sp³-hybridized carbons (Fsp3) is 0.294. The van der Waals surface area contributed by atoms with Crippen molar-refractivity contribution in [2.75, 3.05) is 20.3 Å². The Hall–Kier alpha value is -2.12. The highest BCUT2D eigenvalue weighted by Crippen LogP contribution is 2.32. The second kappa shape index (κ2) is 6.78. The number of ether oxygens (including phenoxy) is 2. The van der Waals surface area contributed by atoms with Crippen molar-refractivity contribution >= 4 is 10.0 Å². The van der Waals surface area contributed by atoms with Crippen LogP contribution >= 0.6 is 0 Å². The lowest BCUT2D eigenvalue weighted by molar-refractivity contribution is 0.297. The molecule has 0 saturated carbocycles. The van der Waals surface area contributed by atoms with Crippen molar-refractivity contribution in [3.63, 3.8) is 0 Å². The molecule has 24 heavy (non-hydrogen) atoms. The van der Waals surface area contributed by atoms with Crippen LogP contribution in [0.3, 0.4) is 0 Å². The molecule has 0 radical (unpaired) electrons. The first-order valence-corrected chi connectivity index (χ1v) is 9.02. The summed E-state index contributed by atoms with van der Waals surface area (Å²) in [5, 5.41) is 0. The van der Waals surface area contributed by atoms with Crippen LogP contribution in [0.25, 0.3) is 0 Å². The fourth-order valence-corrected chi connectivity index (χ4v) is 3.60. The van der Waals surface area contributed by atoms with Gasteiger partial charge in [0, 0.05) is 31.6 Å². The number of rotatable bonds is 4. The minimum absolute atomic E-state index is 0.0521. The molecule has 0 unspecified atom stereocenters. The molecule has 0 bridgehead atoms. The molecule has 0 fully saturated rings. The van der Waals surface area contributed by atoms with E-state index in [0.29, 0.717) is 30.3 Å². The summed E-state index contributed by atoms with van der Waals surface area (Å²) in [4.78, 5) is 0.0885. The number of nitrogens with zero attached hydrogens (tertiary/aromatic N) is 1. The van der Waals surface area contributed by atoms with Crippen molar-refractivity contribution in [2.45, 2.75) is 17.9 Å². The molecule has 3 rings (SSSR count). The molecule has 0 N–H and O–H groups in total. The molecule has 0 saturated heterocycles. The van der Waals surface area contributed by atoms with Crippen LogP contribution in [0.4, 0.5) is 4.39 Å². The SMILES string of the molecule is CN(Cc1ccccc1F)S(=O)(=O)c1ccc2c(c1)OCCCO2. The standard InChI is InChI=1S/C17H18FNO4S/c1-19(12-13-5-2-3-6-15(13)18)24(20,21)14-7-8-16-17(11-14)23-10-4-9-22-16/h2-3,5-8,11H,4,9-10,12H2,1H3. The first-order valence-electron chi connectivity index (χ1n) is 7.58. The van der Waals surface area contributed by atoms with Crippen molar-refractivity contribution in [2.24, 2.45) is 0 Å². The quantitative estimate of drug-likeness (QED) is 0.850. The summed E-state index contributed by atoms with van der Waals surface area (Å²) in [7, 11) is -2.35. The molecule has 128 valence electrons. The zero-order chi connectivity index (χ0) is 17.2. The fourth-order valence-electron chi connectivity index (χ4n) is 2.44. The van der Waals surface area contributed by atoms with Gasteiger partial charge in [-0.1, -0.05) is 18.2 Å². The molecule has 1 aliphatic rings. The average Bonchev–Trinajstić information content (AvgIpc) is 2.81. The molecule has 0 aliphatic carbocycles. The number of hydrogen-bond donors (Lipinski definition) is 0. The number of benzene rings is 2. The topological polar surface area (TPSA) is 55.8 Å². The minimum atomic E-state index is -3.77. The monoisotopic (exact) mass is 351 g/mol. The largest absolute Gasteiger partial charge is 0.490 e. The van der Waals surface area contributed by atoms with Gasteiger partial charge in [-0.05, 0) is 18.2 Å². The van der Waals surface area contributed by atoms with E-state index in [-0.39, 0.29) is 11.4 Å². The molecule has 5 nitrogen and oxygen atoms in total. The lowest BCUT2D eigenvalue weighted by Gasteiger charge is -2.18. The summed E-state index contributed by atoms with van der Waals surface area (Å²) in [6, 6.07) is 10.6. The highest BCUT2D eigenvalue weighted by molar-refractivity contribution is 7.89. The molecule has 0 aromatic heterocycles. The summed E-state index contributed by atoms with van der Waals surface area (Å²) in [5.41, 5.74) is 0.318. The molecule has 0 amide bonds. The molecule has 0 spiro atoms.